The van der Waals surface area contributed by atoms with Gasteiger partial charge in [-0.05, 0) is 12.8 Å². The Balaban J connectivity index is 2.54. The summed E-state index contributed by atoms with van der Waals surface area (Å²) in [7, 11) is 0. The Morgan fingerprint density at radius 2 is 2.19 bits per heavy atom. The predicted molar refractivity (Wildman–Crippen MR) is 54.7 cm³/mol. The van der Waals surface area contributed by atoms with Crippen molar-refractivity contribution in [3.63, 3.8) is 0 Å². The number of nitro benzene ring substituents is 1. The number of nitro groups is 1. The summed E-state index contributed by atoms with van der Waals surface area (Å²) < 4.78 is 13.2. The molecule has 16 heavy (non-hydrogen) atoms. The molecule has 5 nitrogen and oxygen atoms in total. The van der Waals surface area contributed by atoms with Crippen molar-refractivity contribution in [1.82, 2.24) is 0 Å². The van der Waals surface area contributed by atoms with Gasteiger partial charge in [0.1, 0.15) is 5.75 Å². The molecule has 1 fully saturated rings. The fourth-order valence-electron chi connectivity index (χ4n) is 1.85. The van der Waals surface area contributed by atoms with E-state index in [0.29, 0.717) is 12.1 Å². The van der Waals surface area contributed by atoms with Gasteiger partial charge in [-0.15, -0.1) is 0 Å². The van der Waals surface area contributed by atoms with Crippen LogP contribution < -0.4 is 5.73 Å². The molecule has 3 N–H and O–H groups in total. The van der Waals surface area contributed by atoms with Crippen molar-refractivity contribution < 1.29 is 14.4 Å². The van der Waals surface area contributed by atoms with Crippen LogP contribution in [-0.4, -0.2) is 16.6 Å². The number of halogens is 1. The van der Waals surface area contributed by atoms with Crippen LogP contribution in [0.25, 0.3) is 0 Å². The second-order valence-electron chi connectivity index (χ2n) is 4.06. The summed E-state index contributed by atoms with van der Waals surface area (Å²) >= 11 is 0. The highest BCUT2D eigenvalue weighted by Gasteiger charge is 2.45. The Kier molecular flexibility index (Phi) is 2.31. The summed E-state index contributed by atoms with van der Waals surface area (Å²) in [6.07, 6.45) is 1.53. The van der Waals surface area contributed by atoms with Gasteiger partial charge in [0.25, 0.3) is 0 Å². The topological polar surface area (TPSA) is 89.4 Å². The summed E-state index contributed by atoms with van der Waals surface area (Å²) in [5.41, 5.74) is 4.92. The highest BCUT2D eigenvalue weighted by molar-refractivity contribution is 5.50. The maximum atomic E-state index is 13.2. The van der Waals surface area contributed by atoms with Gasteiger partial charge in [0.15, 0.2) is 0 Å². The Hall–Kier alpha value is -1.69. The predicted octanol–water partition coefficient (Wildman–Crippen LogP) is 1.43. The van der Waals surface area contributed by atoms with Crippen LogP contribution in [0.2, 0.25) is 0 Å². The molecule has 1 saturated carbocycles. The molecule has 0 aliphatic heterocycles. The summed E-state index contributed by atoms with van der Waals surface area (Å²) in [5, 5.41) is 20.2. The van der Waals surface area contributed by atoms with Gasteiger partial charge in [0.2, 0.25) is 5.82 Å². The van der Waals surface area contributed by atoms with Crippen molar-refractivity contribution in [2.45, 2.75) is 18.3 Å². The second kappa shape index (κ2) is 3.41. The standard InChI is InChI=1S/C10H11FN2O3/c11-7-4-9(14)6(3-8(7)13(15)16)10(5-12)1-2-10/h3-4,14H,1-2,5,12H2. The van der Waals surface area contributed by atoms with Crippen LogP contribution in [0.15, 0.2) is 12.1 Å². The average molecular weight is 226 g/mol. The number of rotatable bonds is 3. The summed E-state index contributed by atoms with van der Waals surface area (Å²) in [4.78, 5) is 9.77. The van der Waals surface area contributed by atoms with Gasteiger partial charge in [-0.25, -0.2) is 0 Å². The van der Waals surface area contributed by atoms with Crippen LogP contribution >= 0.6 is 0 Å². The Bertz CT molecular complexity index is 458. The molecule has 0 bridgehead atoms. The first-order valence-corrected chi connectivity index (χ1v) is 4.87. The minimum atomic E-state index is -1.03. The lowest BCUT2D eigenvalue weighted by atomic mass is 9.94. The number of nitrogens with two attached hydrogens (primary N) is 1. The summed E-state index contributed by atoms with van der Waals surface area (Å²) in [5.74, 6) is -1.29. The number of phenolic OH excluding ortho intramolecular Hbond substituents is 1. The number of hydrogen-bond acceptors (Lipinski definition) is 4. The van der Waals surface area contributed by atoms with Crippen molar-refractivity contribution in [1.29, 1.82) is 0 Å². The Morgan fingerprint density at radius 3 is 2.62 bits per heavy atom. The first kappa shape index (κ1) is 10.8. The van der Waals surface area contributed by atoms with E-state index in [1.165, 1.54) is 0 Å². The first-order valence-electron chi connectivity index (χ1n) is 4.87. The molecular formula is C10H11FN2O3. The molecule has 0 saturated heterocycles. The van der Waals surface area contributed by atoms with E-state index in [1.807, 2.05) is 0 Å². The number of benzene rings is 1. The third-order valence-corrected chi connectivity index (χ3v) is 3.08. The van der Waals surface area contributed by atoms with Crippen LogP contribution in [0.1, 0.15) is 18.4 Å². The third kappa shape index (κ3) is 1.51. The van der Waals surface area contributed by atoms with E-state index in [9.17, 15) is 19.6 Å². The average Bonchev–Trinajstić information content (AvgIpc) is 2.98. The van der Waals surface area contributed by atoms with E-state index in [0.717, 1.165) is 25.0 Å². The molecular weight excluding hydrogens is 215 g/mol. The highest BCUT2D eigenvalue weighted by Crippen LogP contribution is 2.51. The monoisotopic (exact) mass is 226 g/mol. The first-order chi connectivity index (χ1) is 7.50. The van der Waals surface area contributed by atoms with E-state index < -0.39 is 21.8 Å². The van der Waals surface area contributed by atoms with Crippen molar-refractivity contribution >= 4 is 5.69 Å². The lowest BCUT2D eigenvalue weighted by molar-refractivity contribution is -0.387. The van der Waals surface area contributed by atoms with E-state index in [4.69, 9.17) is 5.73 Å². The zero-order valence-electron chi connectivity index (χ0n) is 8.44. The Morgan fingerprint density at radius 1 is 1.56 bits per heavy atom. The van der Waals surface area contributed by atoms with Crippen molar-refractivity contribution in [2.75, 3.05) is 6.54 Å². The summed E-state index contributed by atoms with van der Waals surface area (Å²) in [6.45, 7) is 0.295. The van der Waals surface area contributed by atoms with Gasteiger partial charge in [0, 0.05) is 29.7 Å². The van der Waals surface area contributed by atoms with Crippen LogP contribution in [0.4, 0.5) is 10.1 Å². The van der Waals surface area contributed by atoms with Crippen LogP contribution in [0.5, 0.6) is 5.75 Å². The number of aromatic hydroxyl groups is 1. The molecule has 1 aromatic carbocycles. The van der Waals surface area contributed by atoms with E-state index in [1.54, 1.807) is 0 Å². The smallest absolute Gasteiger partial charge is 0.305 e. The number of hydrogen-bond donors (Lipinski definition) is 2. The van der Waals surface area contributed by atoms with Gasteiger partial charge in [0.05, 0.1) is 4.92 Å². The molecule has 6 heteroatoms. The zero-order valence-corrected chi connectivity index (χ0v) is 8.44. The van der Waals surface area contributed by atoms with Crippen LogP contribution in [0, 0.1) is 15.9 Å². The molecule has 0 heterocycles. The van der Waals surface area contributed by atoms with Crippen LogP contribution in [0.3, 0.4) is 0 Å². The van der Waals surface area contributed by atoms with E-state index in [2.05, 4.69) is 0 Å². The van der Waals surface area contributed by atoms with Gasteiger partial charge in [-0.3, -0.25) is 10.1 Å². The van der Waals surface area contributed by atoms with E-state index >= 15 is 0 Å². The molecule has 0 radical (unpaired) electrons. The lowest BCUT2D eigenvalue weighted by Gasteiger charge is -2.14. The minimum absolute atomic E-state index is 0.258. The maximum Gasteiger partial charge on any atom is 0.305 e. The van der Waals surface area contributed by atoms with Crippen molar-refractivity contribution in [3.05, 3.63) is 33.6 Å². The minimum Gasteiger partial charge on any atom is -0.508 e. The van der Waals surface area contributed by atoms with Gasteiger partial charge in [-0.2, -0.15) is 4.39 Å². The molecule has 0 unspecified atom stereocenters. The summed E-state index contributed by atoms with van der Waals surface area (Å²) in [6, 6.07) is 1.87. The molecule has 1 aromatic rings. The molecule has 1 aliphatic carbocycles. The van der Waals surface area contributed by atoms with E-state index in [-0.39, 0.29) is 5.75 Å². The molecule has 2 rings (SSSR count). The molecule has 0 aromatic heterocycles. The molecule has 86 valence electrons. The van der Waals surface area contributed by atoms with Crippen molar-refractivity contribution in [2.24, 2.45) is 5.73 Å². The van der Waals surface area contributed by atoms with Gasteiger partial charge in [-0.1, -0.05) is 0 Å². The van der Waals surface area contributed by atoms with Crippen LogP contribution in [-0.2, 0) is 5.41 Å². The Labute approximate surface area is 90.8 Å². The maximum absolute atomic E-state index is 13.2. The highest BCUT2D eigenvalue weighted by atomic mass is 19.1. The fraction of sp³-hybridized carbons (Fsp3) is 0.400. The third-order valence-electron chi connectivity index (χ3n) is 3.08. The fourth-order valence-corrected chi connectivity index (χ4v) is 1.85. The van der Waals surface area contributed by atoms with Crippen molar-refractivity contribution in [3.8, 4) is 5.75 Å². The molecule has 1 aliphatic rings. The molecule has 0 atom stereocenters. The number of nitrogens with zero attached hydrogens (tertiary/aromatic N) is 1. The van der Waals surface area contributed by atoms with Gasteiger partial charge >= 0.3 is 5.69 Å². The number of phenols is 1. The molecule has 0 amide bonds. The quantitative estimate of drug-likeness (QED) is 0.602. The second-order valence-corrected chi connectivity index (χ2v) is 4.06. The SMILES string of the molecule is NCC1(c2cc([N+](=O)[O-])c(F)cc2O)CC1. The zero-order chi connectivity index (χ0) is 11.9. The lowest BCUT2D eigenvalue weighted by Crippen LogP contribution is -2.20. The normalized spacial score (nSPS) is 17.1. The largest absolute Gasteiger partial charge is 0.508 e. The van der Waals surface area contributed by atoms with Gasteiger partial charge < -0.3 is 10.8 Å². The molecule has 0 spiro atoms.